The number of fused-ring (bicyclic) bond motifs is 1. The Labute approximate surface area is 197 Å². The Kier molecular flexibility index (Phi) is 6.23. The normalized spacial score (nSPS) is 11.5. The highest BCUT2D eigenvalue weighted by atomic mass is 35.5. The van der Waals surface area contributed by atoms with Gasteiger partial charge < -0.3 is 9.47 Å². The van der Waals surface area contributed by atoms with Crippen LogP contribution in [0.25, 0.3) is 11.0 Å². The number of sulfonamides is 1. The number of hydrogen-bond acceptors (Lipinski definition) is 8. The van der Waals surface area contributed by atoms with E-state index in [4.69, 9.17) is 32.7 Å². The molecule has 0 amide bonds. The zero-order chi connectivity index (χ0) is 23.8. The van der Waals surface area contributed by atoms with Crippen LogP contribution < -0.4 is 14.2 Å². The van der Waals surface area contributed by atoms with E-state index >= 15 is 0 Å². The molecule has 4 heterocycles. The second kappa shape index (κ2) is 8.96. The Bertz CT molecular complexity index is 1460. The van der Waals surface area contributed by atoms with Crippen LogP contribution in [0.2, 0.25) is 10.0 Å². The molecule has 0 radical (unpaired) electrons. The molecule has 0 bridgehead atoms. The van der Waals surface area contributed by atoms with E-state index < -0.39 is 15.8 Å². The molecule has 0 fully saturated rings. The van der Waals surface area contributed by atoms with Gasteiger partial charge in [-0.1, -0.05) is 23.2 Å². The lowest BCUT2D eigenvalue weighted by molar-refractivity contribution is 0.299. The Morgan fingerprint density at radius 2 is 1.94 bits per heavy atom. The first-order chi connectivity index (χ1) is 15.7. The highest BCUT2D eigenvalue weighted by molar-refractivity contribution is 7.92. The minimum atomic E-state index is -4.27. The predicted molar refractivity (Wildman–Crippen MR) is 119 cm³/mol. The third kappa shape index (κ3) is 4.63. The molecule has 2 N–H and O–H groups in total. The van der Waals surface area contributed by atoms with Gasteiger partial charge in [-0.05, 0) is 19.1 Å². The van der Waals surface area contributed by atoms with Crippen LogP contribution in [-0.2, 0) is 16.6 Å². The number of hydrogen-bond donors (Lipinski definition) is 2. The van der Waals surface area contributed by atoms with Gasteiger partial charge in [0.15, 0.2) is 16.4 Å². The summed E-state index contributed by atoms with van der Waals surface area (Å²) in [5.41, 5.74) is 1.19. The van der Waals surface area contributed by atoms with Gasteiger partial charge in [0.25, 0.3) is 10.0 Å². The SMILES string of the molecule is COc1ncc(Cl)cc1S(=O)(=O)Nc1ncc(F)c(COc2cnc3[nH]nc(C)c3c2)c1Cl. The molecular weight excluding hydrogens is 498 g/mol. The summed E-state index contributed by atoms with van der Waals surface area (Å²) < 4.78 is 53.0. The van der Waals surface area contributed by atoms with Gasteiger partial charge in [0.1, 0.15) is 18.2 Å². The molecule has 0 aliphatic rings. The first-order valence-electron chi connectivity index (χ1n) is 9.18. The van der Waals surface area contributed by atoms with E-state index in [1.165, 1.54) is 19.5 Å². The lowest BCUT2D eigenvalue weighted by atomic mass is 10.2. The number of pyridine rings is 3. The minimum Gasteiger partial charge on any atom is -0.487 e. The molecule has 4 aromatic heterocycles. The average Bonchev–Trinajstić information content (AvgIpc) is 3.16. The molecule has 0 saturated carbocycles. The zero-order valence-electron chi connectivity index (χ0n) is 17.1. The second-order valence-electron chi connectivity index (χ2n) is 6.68. The van der Waals surface area contributed by atoms with E-state index in [0.717, 1.165) is 23.3 Å². The molecule has 172 valence electrons. The van der Waals surface area contributed by atoms with Gasteiger partial charge in [-0.2, -0.15) is 5.10 Å². The Balaban J connectivity index is 1.61. The summed E-state index contributed by atoms with van der Waals surface area (Å²) in [4.78, 5) is 11.4. The summed E-state index contributed by atoms with van der Waals surface area (Å²) in [7, 11) is -3.02. The lowest BCUT2D eigenvalue weighted by Gasteiger charge is -2.14. The van der Waals surface area contributed by atoms with Crippen molar-refractivity contribution in [3.05, 3.63) is 57.8 Å². The maximum atomic E-state index is 14.4. The highest BCUT2D eigenvalue weighted by Crippen LogP contribution is 2.31. The van der Waals surface area contributed by atoms with Crippen molar-refractivity contribution >= 4 is 50.1 Å². The summed E-state index contributed by atoms with van der Waals surface area (Å²) in [6, 6.07) is 2.84. The zero-order valence-corrected chi connectivity index (χ0v) is 19.4. The van der Waals surface area contributed by atoms with E-state index in [1.54, 1.807) is 13.0 Å². The summed E-state index contributed by atoms with van der Waals surface area (Å²) in [5.74, 6) is -0.932. The van der Waals surface area contributed by atoms with Gasteiger partial charge >= 0.3 is 0 Å². The van der Waals surface area contributed by atoms with Crippen LogP contribution in [0.1, 0.15) is 11.3 Å². The van der Waals surface area contributed by atoms with E-state index in [1.807, 2.05) is 0 Å². The maximum Gasteiger partial charge on any atom is 0.268 e. The quantitative estimate of drug-likeness (QED) is 0.381. The topological polar surface area (TPSA) is 132 Å². The molecule has 4 rings (SSSR count). The van der Waals surface area contributed by atoms with E-state index in [-0.39, 0.29) is 38.8 Å². The number of halogens is 3. The fourth-order valence-corrected chi connectivity index (χ4v) is 4.57. The van der Waals surface area contributed by atoms with Crippen LogP contribution in [0.5, 0.6) is 11.6 Å². The first-order valence-corrected chi connectivity index (χ1v) is 11.4. The number of ether oxygens (including phenoxy) is 2. The van der Waals surface area contributed by atoms with Gasteiger partial charge in [-0.3, -0.25) is 9.82 Å². The van der Waals surface area contributed by atoms with E-state index in [2.05, 4.69) is 29.9 Å². The van der Waals surface area contributed by atoms with Crippen molar-refractivity contribution in [1.29, 1.82) is 0 Å². The average molecular weight is 513 g/mol. The molecule has 0 atom stereocenters. The molecule has 10 nitrogen and oxygen atoms in total. The molecule has 0 saturated heterocycles. The summed E-state index contributed by atoms with van der Waals surface area (Å²) >= 11 is 12.1. The molecule has 0 spiro atoms. The van der Waals surface area contributed by atoms with Crippen LogP contribution >= 0.6 is 23.2 Å². The summed E-state index contributed by atoms with van der Waals surface area (Å²) in [6.07, 6.45) is 3.50. The van der Waals surface area contributed by atoms with Crippen LogP contribution in [0, 0.1) is 12.7 Å². The van der Waals surface area contributed by atoms with Gasteiger partial charge in [0.05, 0.1) is 35.2 Å². The Hall–Kier alpha value is -3.22. The third-order valence-electron chi connectivity index (χ3n) is 4.53. The minimum absolute atomic E-state index is 0.0712. The smallest absolute Gasteiger partial charge is 0.268 e. The number of anilines is 1. The van der Waals surface area contributed by atoms with Crippen molar-refractivity contribution in [1.82, 2.24) is 25.1 Å². The van der Waals surface area contributed by atoms with Crippen LogP contribution in [0.15, 0.2) is 35.6 Å². The van der Waals surface area contributed by atoms with Crippen molar-refractivity contribution in [2.24, 2.45) is 0 Å². The van der Waals surface area contributed by atoms with Crippen molar-refractivity contribution in [2.75, 3.05) is 11.8 Å². The number of aromatic nitrogens is 5. The van der Waals surface area contributed by atoms with Crippen molar-refractivity contribution in [2.45, 2.75) is 18.4 Å². The third-order valence-corrected chi connectivity index (χ3v) is 6.48. The number of aromatic amines is 1. The molecule has 0 aromatic carbocycles. The fourth-order valence-electron chi connectivity index (χ4n) is 2.89. The molecule has 0 aliphatic carbocycles. The van der Waals surface area contributed by atoms with Crippen LogP contribution in [-0.4, -0.2) is 40.7 Å². The number of rotatable bonds is 7. The van der Waals surface area contributed by atoms with Gasteiger partial charge in [0, 0.05) is 17.1 Å². The molecule has 14 heteroatoms. The molecule has 4 aromatic rings. The number of nitrogens with zero attached hydrogens (tertiary/aromatic N) is 4. The predicted octanol–water partition coefficient (Wildman–Crippen LogP) is 3.89. The maximum absolute atomic E-state index is 14.4. The van der Waals surface area contributed by atoms with Crippen molar-refractivity contribution in [3.63, 3.8) is 0 Å². The highest BCUT2D eigenvalue weighted by Gasteiger charge is 2.25. The van der Waals surface area contributed by atoms with Gasteiger partial charge in [-0.15, -0.1) is 0 Å². The molecule has 33 heavy (non-hydrogen) atoms. The first kappa shape index (κ1) is 23.0. The van der Waals surface area contributed by atoms with Crippen LogP contribution in [0.3, 0.4) is 0 Å². The summed E-state index contributed by atoms with van der Waals surface area (Å²) in [6.45, 7) is 1.49. The van der Waals surface area contributed by atoms with E-state index in [0.29, 0.717) is 11.4 Å². The Morgan fingerprint density at radius 1 is 1.15 bits per heavy atom. The van der Waals surface area contributed by atoms with Crippen LogP contribution in [0.4, 0.5) is 10.2 Å². The van der Waals surface area contributed by atoms with E-state index in [9.17, 15) is 12.8 Å². The lowest BCUT2D eigenvalue weighted by Crippen LogP contribution is -2.17. The largest absolute Gasteiger partial charge is 0.487 e. The second-order valence-corrected chi connectivity index (χ2v) is 9.14. The number of nitrogens with one attached hydrogen (secondary N) is 2. The van der Waals surface area contributed by atoms with Crippen molar-refractivity contribution in [3.8, 4) is 11.6 Å². The van der Waals surface area contributed by atoms with Gasteiger partial charge in [0.2, 0.25) is 5.88 Å². The molecule has 0 unspecified atom stereocenters. The van der Waals surface area contributed by atoms with Gasteiger partial charge in [-0.25, -0.2) is 27.8 Å². The fraction of sp³-hybridized carbons (Fsp3) is 0.158. The number of aryl methyl sites for hydroxylation is 1. The Morgan fingerprint density at radius 3 is 2.70 bits per heavy atom. The van der Waals surface area contributed by atoms with Crippen molar-refractivity contribution < 1.29 is 22.3 Å². The molecular formula is C19H15Cl2FN6O4S. The standard InChI is InChI=1S/C19H15Cl2FN6O4S/c1-9-12-4-11(6-23-17(12)27-26-9)32-8-13-14(22)7-24-18(16(13)21)28-33(29,30)15-3-10(20)5-25-19(15)31-2/h3-7H,8H2,1-2H3,(H,24,28)(H,23,26,27). The molecule has 0 aliphatic heterocycles. The number of methoxy groups -OCH3 is 1. The monoisotopic (exact) mass is 512 g/mol. The summed E-state index contributed by atoms with van der Waals surface area (Å²) in [5, 5.41) is 7.36. The number of H-pyrrole nitrogens is 1.